The van der Waals surface area contributed by atoms with Gasteiger partial charge in [-0.1, -0.05) is 84.9 Å². The van der Waals surface area contributed by atoms with Crippen LogP contribution in [0, 0.1) is 0 Å². The van der Waals surface area contributed by atoms with E-state index in [1.54, 1.807) is 78.9 Å². The van der Waals surface area contributed by atoms with Crippen LogP contribution in [0.25, 0.3) is 68.0 Å². The van der Waals surface area contributed by atoms with E-state index in [-0.39, 0.29) is 49.8 Å². The van der Waals surface area contributed by atoms with Crippen molar-refractivity contribution in [3.8, 4) is 68.0 Å². The van der Waals surface area contributed by atoms with Crippen LogP contribution in [0.1, 0.15) is 21.6 Å². The number of amides is 1. The SMILES string of the molecule is CS(=O)(=O)c1cccc(-c2ccc(-n3cc(-c4n[nH]c(=O)o4)nc3-c3ccccc3C(F)(F)F)cc2)c1.CS(=O)(=O)c1cccc(-c2ccc(-n3cc(C(=O)NN)nc3-c3ccccc3C(F)(F)F)cc2)c1. The van der Waals surface area contributed by atoms with Crippen LogP contribution in [0.2, 0.25) is 0 Å². The maximum Gasteiger partial charge on any atom is 0.434 e. The molecule has 72 heavy (non-hydrogen) atoms. The molecule has 6 aromatic carbocycles. The molecule has 368 valence electrons. The standard InChI is InChI=1S/C25H17F3N4O4S.C24H19F3N4O3S/c1-37(34,35)18-6-4-5-16(13-18)15-9-11-17(12-10-15)32-14-21(23-30-31-24(33)36-23)29-22(32)19-7-2-3-8-20(19)25(26,27)28;1-35(33,34)18-6-4-5-16(13-18)15-9-11-17(12-10-15)31-14-21(23(32)30-28)29-22(31)19-7-2-3-8-20(19)24(25,26)27/h2-14H,1H3,(H,31,33);2-14H,28H2,1H3,(H,30,32). The molecule has 0 aliphatic heterocycles. The number of hydrogen-bond donors (Lipinski definition) is 3. The van der Waals surface area contributed by atoms with Crippen molar-refractivity contribution in [1.29, 1.82) is 0 Å². The van der Waals surface area contributed by atoms with Gasteiger partial charge in [-0.25, -0.2) is 42.5 Å². The Hall–Kier alpha value is -8.41. The predicted molar refractivity (Wildman–Crippen MR) is 253 cm³/mol. The molecule has 9 aromatic rings. The summed E-state index contributed by atoms with van der Waals surface area (Å²) in [6.07, 6.45) is -4.33. The summed E-state index contributed by atoms with van der Waals surface area (Å²) in [7, 11) is -6.80. The lowest BCUT2D eigenvalue weighted by molar-refractivity contribution is -0.137. The topological polar surface area (TPSA) is 218 Å². The minimum Gasteiger partial charge on any atom is -0.386 e. The largest absolute Gasteiger partial charge is 0.434 e. The highest BCUT2D eigenvalue weighted by molar-refractivity contribution is 7.91. The zero-order valence-electron chi connectivity index (χ0n) is 37.3. The Morgan fingerprint density at radius 2 is 1.04 bits per heavy atom. The number of rotatable bonds is 10. The van der Waals surface area contributed by atoms with Crippen molar-refractivity contribution in [2.45, 2.75) is 22.1 Å². The second-order valence-corrected chi connectivity index (χ2v) is 19.8. The van der Waals surface area contributed by atoms with Crippen molar-refractivity contribution >= 4 is 25.6 Å². The van der Waals surface area contributed by atoms with E-state index in [2.05, 4.69) is 20.2 Å². The molecule has 23 heteroatoms. The van der Waals surface area contributed by atoms with Crippen LogP contribution in [-0.4, -0.2) is 64.6 Å². The number of aromatic amines is 1. The summed E-state index contributed by atoms with van der Waals surface area (Å²) >= 11 is 0. The Balaban J connectivity index is 0.000000193. The molecule has 0 radical (unpaired) electrons. The number of alkyl halides is 6. The van der Waals surface area contributed by atoms with E-state index in [1.807, 2.05) is 5.43 Å². The lowest BCUT2D eigenvalue weighted by Crippen LogP contribution is -2.30. The monoisotopic (exact) mass is 1030 g/mol. The Kier molecular flexibility index (Phi) is 13.5. The highest BCUT2D eigenvalue weighted by Gasteiger charge is 2.36. The number of hydrazine groups is 1. The number of imidazole rings is 2. The van der Waals surface area contributed by atoms with Crippen molar-refractivity contribution in [3.05, 3.63) is 185 Å². The lowest BCUT2D eigenvalue weighted by Gasteiger charge is -2.14. The number of benzene rings is 6. The molecule has 0 aliphatic rings. The Morgan fingerprint density at radius 1 is 0.597 bits per heavy atom. The number of hydrogen-bond acceptors (Lipinski definition) is 11. The summed E-state index contributed by atoms with van der Waals surface area (Å²) in [5.74, 6) is 3.29. The van der Waals surface area contributed by atoms with E-state index in [1.165, 1.54) is 76.1 Å². The fraction of sp³-hybridized carbons (Fsp3) is 0.0816. The fourth-order valence-corrected chi connectivity index (χ4v) is 8.79. The summed E-state index contributed by atoms with van der Waals surface area (Å²) in [5, 5.41) is 5.84. The number of carbonyl (C=O) groups is 1. The number of nitrogens with two attached hydrogens (primary N) is 1. The molecule has 0 atom stereocenters. The van der Waals surface area contributed by atoms with E-state index in [0.717, 1.165) is 24.6 Å². The quantitative estimate of drug-likeness (QED) is 0.0508. The van der Waals surface area contributed by atoms with Crippen LogP contribution in [-0.2, 0) is 32.0 Å². The van der Waals surface area contributed by atoms with Gasteiger partial charge in [0, 0.05) is 47.4 Å². The van der Waals surface area contributed by atoms with Gasteiger partial charge in [0.25, 0.3) is 11.8 Å². The summed E-state index contributed by atoms with van der Waals surface area (Å²) in [6, 6.07) is 36.2. The zero-order valence-corrected chi connectivity index (χ0v) is 38.9. The van der Waals surface area contributed by atoms with Gasteiger partial charge in [-0.2, -0.15) is 26.3 Å². The maximum absolute atomic E-state index is 13.8. The van der Waals surface area contributed by atoms with Gasteiger partial charge in [-0.05, 0) is 82.9 Å². The summed E-state index contributed by atoms with van der Waals surface area (Å²) < 4.78 is 138. The van der Waals surface area contributed by atoms with Crippen molar-refractivity contribution < 1.29 is 52.4 Å². The lowest BCUT2D eigenvalue weighted by atomic mass is 10.0. The van der Waals surface area contributed by atoms with Crippen LogP contribution in [0.5, 0.6) is 0 Å². The van der Waals surface area contributed by atoms with Crippen LogP contribution in [0.4, 0.5) is 26.3 Å². The van der Waals surface area contributed by atoms with Crippen LogP contribution >= 0.6 is 0 Å². The molecule has 0 fully saturated rings. The molecule has 0 unspecified atom stereocenters. The molecule has 3 aromatic heterocycles. The van der Waals surface area contributed by atoms with Crippen molar-refractivity contribution in [2.24, 2.45) is 5.84 Å². The Bertz CT molecular complexity index is 3770. The first-order valence-electron chi connectivity index (χ1n) is 20.9. The van der Waals surface area contributed by atoms with Gasteiger partial charge >= 0.3 is 18.1 Å². The van der Waals surface area contributed by atoms with Gasteiger partial charge in [0.1, 0.15) is 23.0 Å². The normalized spacial score (nSPS) is 12.0. The highest BCUT2D eigenvalue weighted by Crippen LogP contribution is 2.40. The zero-order chi connectivity index (χ0) is 51.8. The molecule has 0 saturated heterocycles. The van der Waals surface area contributed by atoms with E-state index in [4.69, 9.17) is 10.3 Å². The molecule has 0 bridgehead atoms. The van der Waals surface area contributed by atoms with Gasteiger partial charge in [-0.15, -0.1) is 5.10 Å². The van der Waals surface area contributed by atoms with Gasteiger partial charge in [0.15, 0.2) is 19.7 Å². The van der Waals surface area contributed by atoms with E-state index < -0.39 is 54.8 Å². The average Bonchev–Trinajstić information content (AvgIpc) is 4.12. The number of sulfone groups is 2. The average molecular weight is 1030 g/mol. The van der Waals surface area contributed by atoms with Crippen LogP contribution < -0.4 is 17.0 Å². The predicted octanol–water partition coefficient (Wildman–Crippen LogP) is 9.20. The minimum atomic E-state index is -4.64. The highest BCUT2D eigenvalue weighted by atomic mass is 32.2. The first kappa shape index (κ1) is 50.0. The summed E-state index contributed by atoms with van der Waals surface area (Å²) in [6.45, 7) is 0. The number of H-pyrrole nitrogens is 1. The molecule has 15 nitrogen and oxygen atoms in total. The Labute approximate surface area is 405 Å². The third-order valence-corrected chi connectivity index (χ3v) is 13.1. The molecular formula is C49H36F6N8O7S2. The number of nitrogens with one attached hydrogen (secondary N) is 2. The third-order valence-electron chi connectivity index (χ3n) is 10.9. The van der Waals surface area contributed by atoms with Crippen LogP contribution in [0.3, 0.4) is 0 Å². The molecule has 4 N–H and O–H groups in total. The third kappa shape index (κ3) is 10.8. The number of aromatic nitrogens is 6. The molecule has 0 aliphatic carbocycles. The van der Waals surface area contributed by atoms with E-state index in [0.29, 0.717) is 33.6 Å². The minimum absolute atomic E-state index is 0.0413. The second kappa shape index (κ2) is 19.4. The first-order valence-corrected chi connectivity index (χ1v) is 24.7. The smallest absolute Gasteiger partial charge is 0.386 e. The molecule has 0 saturated carbocycles. The molecule has 1 amide bonds. The Morgan fingerprint density at radius 3 is 1.46 bits per heavy atom. The maximum atomic E-state index is 13.8. The number of carbonyl (C=O) groups excluding carboxylic acids is 1. The molecular weight excluding hydrogens is 991 g/mol. The van der Waals surface area contributed by atoms with Gasteiger partial charge in [-0.3, -0.25) is 19.4 Å². The number of halogens is 6. The van der Waals surface area contributed by atoms with E-state index >= 15 is 0 Å². The van der Waals surface area contributed by atoms with Gasteiger partial charge < -0.3 is 4.42 Å². The first-order chi connectivity index (χ1) is 34.0. The second-order valence-electron chi connectivity index (χ2n) is 15.8. The van der Waals surface area contributed by atoms with Crippen LogP contribution in [0.15, 0.2) is 177 Å². The van der Waals surface area contributed by atoms with Crippen molar-refractivity contribution in [2.75, 3.05) is 12.5 Å². The number of nitrogen functional groups attached to an aromatic ring is 1. The summed E-state index contributed by atoms with van der Waals surface area (Å²) in [4.78, 5) is 32.3. The van der Waals surface area contributed by atoms with Gasteiger partial charge in [0.05, 0.1) is 20.9 Å². The molecule has 9 rings (SSSR count). The molecule has 3 heterocycles. The van der Waals surface area contributed by atoms with E-state index in [9.17, 15) is 52.8 Å². The molecule has 0 spiro atoms. The number of nitrogens with zero attached hydrogens (tertiary/aromatic N) is 5. The van der Waals surface area contributed by atoms with Crippen molar-refractivity contribution in [1.82, 2.24) is 34.7 Å². The van der Waals surface area contributed by atoms with Crippen molar-refractivity contribution in [3.63, 3.8) is 0 Å². The fourth-order valence-electron chi connectivity index (χ4n) is 7.45. The van der Waals surface area contributed by atoms with Gasteiger partial charge in [0.2, 0.25) is 0 Å². The summed E-state index contributed by atoms with van der Waals surface area (Å²) in [5.41, 5.74) is 3.24.